The van der Waals surface area contributed by atoms with E-state index in [9.17, 15) is 5.11 Å². The minimum absolute atomic E-state index is 0.284. The highest BCUT2D eigenvalue weighted by atomic mass is 16.5. The summed E-state index contributed by atoms with van der Waals surface area (Å²) in [5.41, 5.74) is 2.03. The van der Waals surface area contributed by atoms with Gasteiger partial charge in [0.05, 0.1) is 12.2 Å². The Hall–Kier alpha value is -1.81. The number of phenolic OH excluding ortho intramolecular Hbond substituents is 1. The molecule has 2 heterocycles. The zero-order chi connectivity index (χ0) is 12.4. The molecule has 1 aromatic carbocycles. The lowest BCUT2D eigenvalue weighted by Crippen LogP contribution is -2.19. The van der Waals surface area contributed by atoms with E-state index in [1.54, 1.807) is 12.1 Å². The summed E-state index contributed by atoms with van der Waals surface area (Å²) >= 11 is 0. The normalized spacial score (nSPS) is 16.9. The number of rotatable bonds is 2. The van der Waals surface area contributed by atoms with Gasteiger partial charge in [-0.25, -0.2) is 0 Å². The number of benzene rings is 1. The molecule has 94 valence electrons. The van der Waals surface area contributed by atoms with E-state index in [2.05, 4.69) is 5.10 Å². The van der Waals surface area contributed by atoms with Gasteiger partial charge in [0.15, 0.2) is 0 Å². The van der Waals surface area contributed by atoms with Crippen LogP contribution in [0.4, 0.5) is 0 Å². The van der Waals surface area contributed by atoms with Crippen LogP contribution in [0.2, 0.25) is 0 Å². The van der Waals surface area contributed by atoms with Crippen LogP contribution in [0.5, 0.6) is 5.75 Å². The van der Waals surface area contributed by atoms with Crippen molar-refractivity contribution in [3.05, 3.63) is 36.7 Å². The lowest BCUT2D eigenvalue weighted by atomic mass is 10.1. The average Bonchev–Trinajstić information content (AvgIpc) is 2.89. The summed E-state index contributed by atoms with van der Waals surface area (Å²) in [5, 5.41) is 13.9. The molecule has 1 aromatic heterocycles. The van der Waals surface area contributed by atoms with Crippen LogP contribution >= 0.6 is 0 Å². The zero-order valence-corrected chi connectivity index (χ0v) is 10.1. The van der Waals surface area contributed by atoms with Crippen molar-refractivity contribution in [2.75, 3.05) is 13.2 Å². The second-order valence-corrected chi connectivity index (χ2v) is 4.60. The van der Waals surface area contributed by atoms with Crippen LogP contribution in [0.3, 0.4) is 0 Å². The summed E-state index contributed by atoms with van der Waals surface area (Å²) in [5.74, 6) is 0.284. The number of ether oxygens (including phenoxy) is 1. The Kier molecular flexibility index (Phi) is 3.02. The summed E-state index contributed by atoms with van der Waals surface area (Å²) in [4.78, 5) is 0. The molecule has 1 aliphatic rings. The lowest BCUT2D eigenvalue weighted by molar-refractivity contribution is 0.0662. The smallest absolute Gasteiger partial charge is 0.116 e. The summed E-state index contributed by atoms with van der Waals surface area (Å²) in [6, 6.07) is 7.68. The van der Waals surface area contributed by atoms with E-state index in [0.717, 1.165) is 37.2 Å². The van der Waals surface area contributed by atoms with Crippen LogP contribution < -0.4 is 0 Å². The molecule has 0 aliphatic carbocycles. The third-order valence-corrected chi connectivity index (χ3v) is 3.35. The largest absolute Gasteiger partial charge is 0.508 e. The molecule has 3 rings (SSSR count). The van der Waals surface area contributed by atoms with E-state index in [1.807, 2.05) is 29.2 Å². The van der Waals surface area contributed by atoms with Crippen molar-refractivity contribution in [3.63, 3.8) is 0 Å². The highest BCUT2D eigenvalue weighted by Gasteiger charge is 2.16. The van der Waals surface area contributed by atoms with Gasteiger partial charge in [-0.3, -0.25) is 4.68 Å². The van der Waals surface area contributed by atoms with Crippen molar-refractivity contribution < 1.29 is 9.84 Å². The minimum Gasteiger partial charge on any atom is -0.508 e. The molecule has 0 atom stereocenters. The summed E-state index contributed by atoms with van der Waals surface area (Å²) in [6.45, 7) is 1.62. The van der Waals surface area contributed by atoms with Gasteiger partial charge in [0, 0.05) is 25.0 Å². The van der Waals surface area contributed by atoms with Gasteiger partial charge < -0.3 is 9.84 Å². The molecule has 2 aromatic rings. The van der Waals surface area contributed by atoms with Crippen molar-refractivity contribution in [1.82, 2.24) is 9.78 Å². The molecule has 0 saturated carbocycles. The van der Waals surface area contributed by atoms with Gasteiger partial charge in [0.2, 0.25) is 0 Å². The molecule has 0 spiro atoms. The Balaban J connectivity index is 1.84. The molecule has 0 bridgehead atoms. The molecule has 0 unspecified atom stereocenters. The quantitative estimate of drug-likeness (QED) is 0.883. The topological polar surface area (TPSA) is 47.3 Å². The number of hydrogen-bond donors (Lipinski definition) is 1. The second kappa shape index (κ2) is 4.82. The summed E-state index contributed by atoms with van der Waals surface area (Å²) in [7, 11) is 0. The van der Waals surface area contributed by atoms with Gasteiger partial charge in [-0.15, -0.1) is 0 Å². The standard InChI is InChI=1S/C14H16N2O2/c17-14-3-1-2-11(8-14)12-9-15-16(10-12)13-4-6-18-7-5-13/h1-3,8-10,13,17H,4-7H2. The molecule has 1 N–H and O–H groups in total. The van der Waals surface area contributed by atoms with Gasteiger partial charge in [-0.1, -0.05) is 12.1 Å². The van der Waals surface area contributed by atoms with Crippen LogP contribution in [0, 0.1) is 0 Å². The number of phenols is 1. The Morgan fingerprint density at radius 3 is 2.83 bits per heavy atom. The molecule has 18 heavy (non-hydrogen) atoms. The molecular weight excluding hydrogens is 228 g/mol. The first-order valence-corrected chi connectivity index (χ1v) is 6.24. The molecule has 1 saturated heterocycles. The maximum absolute atomic E-state index is 9.49. The first-order chi connectivity index (χ1) is 8.83. The number of aromatic hydroxyl groups is 1. The summed E-state index contributed by atoms with van der Waals surface area (Å²) < 4.78 is 7.37. The van der Waals surface area contributed by atoms with E-state index in [0.29, 0.717) is 6.04 Å². The van der Waals surface area contributed by atoms with E-state index < -0.39 is 0 Å². The summed E-state index contributed by atoms with van der Waals surface area (Å²) in [6.07, 6.45) is 5.93. The van der Waals surface area contributed by atoms with Crippen LogP contribution in [0.25, 0.3) is 11.1 Å². The highest BCUT2D eigenvalue weighted by Crippen LogP contribution is 2.26. The van der Waals surface area contributed by atoms with Crippen LogP contribution in [-0.4, -0.2) is 28.1 Å². The first-order valence-electron chi connectivity index (χ1n) is 6.24. The van der Waals surface area contributed by atoms with Crippen molar-refractivity contribution in [2.24, 2.45) is 0 Å². The van der Waals surface area contributed by atoms with E-state index >= 15 is 0 Å². The van der Waals surface area contributed by atoms with Crippen molar-refractivity contribution >= 4 is 0 Å². The third-order valence-electron chi connectivity index (χ3n) is 3.35. The fourth-order valence-electron chi connectivity index (χ4n) is 2.32. The number of aromatic nitrogens is 2. The first kappa shape index (κ1) is 11.3. The van der Waals surface area contributed by atoms with Crippen molar-refractivity contribution in [1.29, 1.82) is 0 Å². The molecular formula is C14H16N2O2. The van der Waals surface area contributed by atoms with E-state index in [-0.39, 0.29) is 5.75 Å². The predicted octanol–water partition coefficient (Wildman–Crippen LogP) is 2.61. The van der Waals surface area contributed by atoms with Crippen LogP contribution in [0.1, 0.15) is 18.9 Å². The highest BCUT2D eigenvalue weighted by molar-refractivity contribution is 5.63. The Morgan fingerprint density at radius 2 is 2.06 bits per heavy atom. The lowest BCUT2D eigenvalue weighted by Gasteiger charge is -2.22. The van der Waals surface area contributed by atoms with Gasteiger partial charge in [0.1, 0.15) is 5.75 Å². The zero-order valence-electron chi connectivity index (χ0n) is 10.1. The average molecular weight is 244 g/mol. The van der Waals surface area contributed by atoms with Gasteiger partial charge in [-0.2, -0.15) is 5.10 Å². The molecule has 4 nitrogen and oxygen atoms in total. The fraction of sp³-hybridized carbons (Fsp3) is 0.357. The molecule has 4 heteroatoms. The molecule has 1 fully saturated rings. The van der Waals surface area contributed by atoms with E-state index in [4.69, 9.17) is 4.74 Å². The fourth-order valence-corrected chi connectivity index (χ4v) is 2.32. The van der Waals surface area contributed by atoms with E-state index in [1.165, 1.54) is 0 Å². The van der Waals surface area contributed by atoms with Gasteiger partial charge in [-0.05, 0) is 30.5 Å². The van der Waals surface area contributed by atoms with Crippen molar-refractivity contribution in [3.8, 4) is 16.9 Å². The number of nitrogens with zero attached hydrogens (tertiary/aromatic N) is 2. The third kappa shape index (κ3) is 2.24. The minimum atomic E-state index is 0.284. The predicted molar refractivity (Wildman–Crippen MR) is 68.4 cm³/mol. The molecule has 0 amide bonds. The number of hydrogen-bond acceptors (Lipinski definition) is 3. The Labute approximate surface area is 106 Å². The molecule has 0 radical (unpaired) electrons. The monoisotopic (exact) mass is 244 g/mol. The Bertz CT molecular complexity index is 530. The SMILES string of the molecule is Oc1cccc(-c2cnn(C3CCOCC3)c2)c1. The maximum atomic E-state index is 9.49. The van der Waals surface area contributed by atoms with Crippen LogP contribution in [0.15, 0.2) is 36.7 Å². The van der Waals surface area contributed by atoms with Gasteiger partial charge >= 0.3 is 0 Å². The van der Waals surface area contributed by atoms with Gasteiger partial charge in [0.25, 0.3) is 0 Å². The van der Waals surface area contributed by atoms with Crippen molar-refractivity contribution in [2.45, 2.75) is 18.9 Å². The maximum Gasteiger partial charge on any atom is 0.116 e. The Morgan fingerprint density at radius 1 is 1.22 bits per heavy atom. The second-order valence-electron chi connectivity index (χ2n) is 4.60. The van der Waals surface area contributed by atoms with Crippen LogP contribution in [-0.2, 0) is 4.74 Å². The molecule has 1 aliphatic heterocycles.